The lowest BCUT2D eigenvalue weighted by molar-refractivity contribution is -0.139. The van der Waals surface area contributed by atoms with Crippen LogP contribution in [0, 0.1) is 17.0 Å². The maximum atomic E-state index is 15.5. The van der Waals surface area contributed by atoms with E-state index in [1.54, 1.807) is 25.2 Å². The first-order valence-corrected chi connectivity index (χ1v) is 11.6. The van der Waals surface area contributed by atoms with Gasteiger partial charge in [-0.2, -0.15) is 0 Å². The minimum absolute atomic E-state index is 0.101. The molecule has 2 heterocycles. The summed E-state index contributed by atoms with van der Waals surface area (Å²) in [7, 11) is 1.64. The summed E-state index contributed by atoms with van der Waals surface area (Å²) in [6, 6.07) is 7.02. The van der Waals surface area contributed by atoms with Crippen LogP contribution in [0.5, 0.6) is 0 Å². The highest BCUT2D eigenvalue weighted by Gasteiger charge is 2.61. The summed E-state index contributed by atoms with van der Waals surface area (Å²) in [6.45, 7) is 3.10. The van der Waals surface area contributed by atoms with Crippen molar-refractivity contribution in [1.82, 2.24) is 10.6 Å². The third-order valence-electron chi connectivity index (χ3n) is 7.33. The van der Waals surface area contributed by atoms with Crippen LogP contribution in [0.4, 0.5) is 8.78 Å². The van der Waals surface area contributed by atoms with E-state index in [4.69, 9.17) is 27.9 Å². The topological polar surface area (TPSA) is 70.6 Å². The molecule has 0 bridgehead atoms. The van der Waals surface area contributed by atoms with Crippen molar-refractivity contribution in [3.63, 3.8) is 0 Å². The fourth-order valence-corrected chi connectivity index (χ4v) is 5.82. The van der Waals surface area contributed by atoms with Crippen molar-refractivity contribution in [2.24, 2.45) is 5.41 Å². The molecule has 33 heavy (non-hydrogen) atoms. The van der Waals surface area contributed by atoms with E-state index in [1.807, 2.05) is 6.92 Å². The second kappa shape index (κ2) is 9.12. The molecule has 2 aromatic rings. The summed E-state index contributed by atoms with van der Waals surface area (Å²) in [5, 5.41) is 16.7. The van der Waals surface area contributed by atoms with E-state index < -0.39 is 41.1 Å². The number of carboxylic acid groups (broad SMARTS) is 1. The average Bonchev–Trinajstić information content (AvgIpc) is 3.07. The third-order valence-corrected chi connectivity index (χ3v) is 7.86. The molecule has 0 saturated carbocycles. The van der Waals surface area contributed by atoms with E-state index in [2.05, 4.69) is 10.6 Å². The number of carboxylic acids is 1. The summed E-state index contributed by atoms with van der Waals surface area (Å²) in [4.78, 5) is 12.4. The molecular weight excluding hydrogens is 473 g/mol. The van der Waals surface area contributed by atoms with Gasteiger partial charge < -0.3 is 15.2 Å². The highest BCUT2D eigenvalue weighted by molar-refractivity contribution is 6.31. The Balaban J connectivity index is 1.97. The second-order valence-electron chi connectivity index (χ2n) is 8.95. The average molecular weight is 499 g/mol. The fraction of sp³-hybridized carbons (Fsp3) is 0.458. The summed E-state index contributed by atoms with van der Waals surface area (Å²) in [5.74, 6) is -3.48. The second-order valence-corrected chi connectivity index (χ2v) is 9.79. The highest BCUT2D eigenvalue weighted by Crippen LogP contribution is 2.52. The lowest BCUT2D eigenvalue weighted by atomic mass is 9.66. The van der Waals surface area contributed by atoms with Crippen LogP contribution in [0.15, 0.2) is 36.4 Å². The molecule has 0 amide bonds. The number of aliphatic carboxylic acids is 1. The standard InChI is InChI=1S/C24H26Cl2F2N2O3/c1-3-23(11-33-12-23)10-18-24(29-2,15-8-7-13(25)9-17(15)27)19(21(30-18)22(31)32)14-5-4-6-16(26)20(14)28/h4-9,18-19,21,29-30H,3,10-12H2,1-2H3,(H,31,32). The Bertz CT molecular complexity index is 1060. The van der Waals surface area contributed by atoms with Gasteiger partial charge in [-0.15, -0.1) is 0 Å². The van der Waals surface area contributed by atoms with Crippen molar-refractivity contribution in [3.05, 3.63) is 69.2 Å². The van der Waals surface area contributed by atoms with Crippen LogP contribution < -0.4 is 10.6 Å². The maximum absolute atomic E-state index is 15.5. The molecule has 0 radical (unpaired) electrons. The lowest BCUT2D eigenvalue weighted by Crippen LogP contribution is -2.57. The van der Waals surface area contributed by atoms with Crippen molar-refractivity contribution >= 4 is 29.2 Å². The minimum atomic E-state index is -1.30. The molecule has 9 heteroatoms. The molecule has 2 fully saturated rings. The molecular formula is C24H26Cl2F2N2O3. The van der Waals surface area contributed by atoms with Gasteiger partial charge in [0.2, 0.25) is 0 Å². The molecule has 178 valence electrons. The van der Waals surface area contributed by atoms with Crippen LogP contribution >= 0.6 is 23.2 Å². The van der Waals surface area contributed by atoms with E-state index >= 15 is 8.78 Å². The Morgan fingerprint density at radius 1 is 1.27 bits per heavy atom. The monoisotopic (exact) mass is 498 g/mol. The van der Waals surface area contributed by atoms with E-state index in [1.165, 1.54) is 18.2 Å². The quantitative estimate of drug-likeness (QED) is 0.515. The van der Waals surface area contributed by atoms with Gasteiger partial charge in [0.15, 0.2) is 0 Å². The zero-order chi connectivity index (χ0) is 24.0. The molecule has 2 aliphatic heterocycles. The van der Waals surface area contributed by atoms with Gasteiger partial charge >= 0.3 is 5.97 Å². The number of benzene rings is 2. The summed E-state index contributed by atoms with van der Waals surface area (Å²) in [6.07, 6.45) is 1.32. The van der Waals surface area contributed by atoms with Gasteiger partial charge in [0.25, 0.3) is 0 Å². The molecule has 0 aliphatic carbocycles. The van der Waals surface area contributed by atoms with Crippen molar-refractivity contribution in [1.29, 1.82) is 0 Å². The Morgan fingerprint density at radius 3 is 2.55 bits per heavy atom. The predicted molar refractivity (Wildman–Crippen MR) is 123 cm³/mol. The number of ether oxygens (including phenoxy) is 1. The van der Waals surface area contributed by atoms with Crippen molar-refractivity contribution in [2.75, 3.05) is 20.3 Å². The van der Waals surface area contributed by atoms with Crippen molar-refractivity contribution in [2.45, 2.75) is 43.3 Å². The number of rotatable bonds is 7. The van der Waals surface area contributed by atoms with E-state index in [0.29, 0.717) is 19.6 Å². The zero-order valence-electron chi connectivity index (χ0n) is 18.3. The highest BCUT2D eigenvalue weighted by atomic mass is 35.5. The zero-order valence-corrected chi connectivity index (χ0v) is 19.8. The number of likely N-dealkylation sites (N-methyl/N-ethyl adjacent to an activating group) is 1. The normalized spacial score (nSPS) is 28.5. The fourth-order valence-electron chi connectivity index (χ4n) is 5.48. The number of hydrogen-bond donors (Lipinski definition) is 3. The van der Waals surface area contributed by atoms with E-state index in [9.17, 15) is 9.90 Å². The Kier molecular flexibility index (Phi) is 6.73. The molecule has 4 unspecified atom stereocenters. The van der Waals surface area contributed by atoms with Gasteiger partial charge in [-0.05, 0) is 43.7 Å². The van der Waals surface area contributed by atoms with Gasteiger partial charge in [-0.3, -0.25) is 10.1 Å². The van der Waals surface area contributed by atoms with Crippen molar-refractivity contribution in [3.8, 4) is 0 Å². The third kappa shape index (κ3) is 3.94. The number of halogens is 4. The first-order valence-electron chi connectivity index (χ1n) is 10.8. The largest absolute Gasteiger partial charge is 0.480 e. The van der Waals surface area contributed by atoms with Crippen LogP contribution in [-0.4, -0.2) is 43.4 Å². The molecule has 4 rings (SSSR count). The molecule has 2 aliphatic rings. The van der Waals surface area contributed by atoms with Gasteiger partial charge in [0.1, 0.15) is 17.7 Å². The first-order chi connectivity index (χ1) is 15.7. The molecule has 2 saturated heterocycles. The Hall–Kier alpha value is -1.77. The number of nitrogens with one attached hydrogen (secondary N) is 2. The predicted octanol–water partition coefficient (Wildman–Crippen LogP) is 4.71. The Morgan fingerprint density at radius 2 is 2.00 bits per heavy atom. The number of carbonyl (C=O) groups is 1. The molecule has 5 nitrogen and oxygen atoms in total. The van der Waals surface area contributed by atoms with Gasteiger partial charge in [-0.1, -0.05) is 48.3 Å². The van der Waals surface area contributed by atoms with Crippen LogP contribution in [-0.2, 0) is 15.1 Å². The van der Waals surface area contributed by atoms with Crippen LogP contribution in [0.1, 0.15) is 36.8 Å². The first kappa shape index (κ1) is 24.4. The van der Waals surface area contributed by atoms with E-state index in [-0.39, 0.29) is 26.6 Å². The Labute approximate surface area is 201 Å². The number of hydrogen-bond acceptors (Lipinski definition) is 4. The molecule has 0 aromatic heterocycles. The van der Waals surface area contributed by atoms with Crippen molar-refractivity contribution < 1.29 is 23.4 Å². The SMILES string of the molecule is CCC1(CC2NC(C(=O)O)C(c3cccc(Cl)c3F)C2(NC)c2ccc(Cl)cc2F)COC1. The van der Waals surface area contributed by atoms with Gasteiger partial charge in [0, 0.05) is 28.0 Å². The summed E-state index contributed by atoms with van der Waals surface area (Å²) in [5.41, 5.74) is -1.18. The molecule has 0 spiro atoms. The summed E-state index contributed by atoms with van der Waals surface area (Å²) < 4.78 is 36.3. The van der Waals surface area contributed by atoms with Crippen LogP contribution in [0.3, 0.4) is 0 Å². The summed E-state index contributed by atoms with van der Waals surface area (Å²) >= 11 is 12.1. The van der Waals surface area contributed by atoms with Crippen LogP contribution in [0.25, 0.3) is 0 Å². The maximum Gasteiger partial charge on any atom is 0.321 e. The lowest BCUT2D eigenvalue weighted by Gasteiger charge is -2.47. The van der Waals surface area contributed by atoms with Gasteiger partial charge in [-0.25, -0.2) is 8.78 Å². The minimum Gasteiger partial charge on any atom is -0.480 e. The molecule has 2 aromatic carbocycles. The smallest absolute Gasteiger partial charge is 0.321 e. The van der Waals surface area contributed by atoms with Gasteiger partial charge in [0.05, 0.1) is 23.8 Å². The van der Waals surface area contributed by atoms with E-state index in [0.717, 1.165) is 6.42 Å². The molecule has 3 N–H and O–H groups in total. The molecule has 4 atom stereocenters. The van der Waals surface area contributed by atoms with Crippen LogP contribution in [0.2, 0.25) is 10.0 Å².